The fourth-order valence-electron chi connectivity index (χ4n) is 7.51. The van der Waals surface area contributed by atoms with E-state index in [4.69, 9.17) is 4.43 Å². The van der Waals surface area contributed by atoms with E-state index in [1.807, 2.05) is 47.4 Å². The Balaban J connectivity index is 1.59. The van der Waals surface area contributed by atoms with Crippen LogP contribution in [0.15, 0.2) is 79.9 Å². The molecule has 250 valence electrons. The summed E-state index contributed by atoms with van der Waals surface area (Å²) in [6.07, 6.45) is 10.8. The first kappa shape index (κ1) is 35.9. The average molecular weight is 643 g/mol. The molecule has 46 heavy (non-hydrogen) atoms. The number of hydrogen-bond acceptors (Lipinski definition) is 3. The number of allylic oxidation sites excluding steroid dienone is 2. The summed E-state index contributed by atoms with van der Waals surface area (Å²) in [7, 11) is -1.90. The Labute approximate surface area is 280 Å². The molecule has 0 aromatic heterocycles. The first-order valence-electron chi connectivity index (χ1n) is 17.3. The summed E-state index contributed by atoms with van der Waals surface area (Å²) in [5, 5.41) is 0.150. The van der Waals surface area contributed by atoms with Crippen molar-refractivity contribution in [2.24, 2.45) is 10.8 Å². The van der Waals surface area contributed by atoms with Gasteiger partial charge in [0.05, 0.1) is 0 Å². The normalized spacial score (nSPS) is 24.0. The van der Waals surface area contributed by atoms with Gasteiger partial charge in [-0.3, -0.25) is 9.59 Å². The van der Waals surface area contributed by atoms with Crippen LogP contribution in [-0.4, -0.2) is 62.7 Å². The van der Waals surface area contributed by atoms with Crippen LogP contribution in [0.4, 0.5) is 0 Å². The van der Waals surface area contributed by atoms with Crippen molar-refractivity contribution in [1.29, 1.82) is 0 Å². The zero-order valence-electron chi connectivity index (χ0n) is 29.4. The molecule has 2 amide bonds. The van der Waals surface area contributed by atoms with E-state index >= 15 is 0 Å². The zero-order valence-corrected chi connectivity index (χ0v) is 30.4. The minimum absolute atomic E-state index is 0.0280. The zero-order chi connectivity index (χ0) is 33.6. The van der Waals surface area contributed by atoms with Gasteiger partial charge in [-0.2, -0.15) is 0 Å². The molecule has 2 heterocycles. The van der Waals surface area contributed by atoms with Crippen LogP contribution >= 0.6 is 0 Å². The van der Waals surface area contributed by atoms with Crippen molar-refractivity contribution in [1.82, 2.24) is 9.80 Å². The van der Waals surface area contributed by atoms with Gasteiger partial charge >= 0.3 is 0 Å². The van der Waals surface area contributed by atoms with E-state index in [1.165, 1.54) is 11.1 Å². The van der Waals surface area contributed by atoms with Crippen molar-refractivity contribution in [3.63, 3.8) is 0 Å². The Morgan fingerprint density at radius 3 is 2.20 bits per heavy atom. The first-order chi connectivity index (χ1) is 21.7. The summed E-state index contributed by atoms with van der Waals surface area (Å²) in [5.74, 6) is 0.473. The molecule has 0 spiro atoms. The van der Waals surface area contributed by atoms with Crippen molar-refractivity contribution >= 4 is 20.1 Å². The second kappa shape index (κ2) is 14.9. The first-order valence-corrected chi connectivity index (χ1v) is 20.2. The van der Waals surface area contributed by atoms with Crippen LogP contribution < -0.4 is 0 Å². The predicted octanol–water partition coefficient (Wildman–Crippen LogP) is 9.04. The van der Waals surface area contributed by atoms with Gasteiger partial charge in [0, 0.05) is 51.2 Å². The molecule has 3 atom stereocenters. The van der Waals surface area contributed by atoms with Gasteiger partial charge in [0.25, 0.3) is 5.91 Å². The number of piperidine rings is 2. The van der Waals surface area contributed by atoms with E-state index in [-0.39, 0.29) is 33.6 Å². The van der Waals surface area contributed by atoms with Gasteiger partial charge in [0.1, 0.15) is 0 Å². The van der Waals surface area contributed by atoms with E-state index in [2.05, 4.69) is 76.2 Å². The van der Waals surface area contributed by atoms with E-state index in [0.29, 0.717) is 19.7 Å². The second-order valence-corrected chi connectivity index (χ2v) is 20.6. The molecule has 3 unspecified atom stereocenters. The molecule has 2 aliphatic heterocycles. The van der Waals surface area contributed by atoms with Gasteiger partial charge < -0.3 is 14.2 Å². The number of hydrogen-bond donors (Lipinski definition) is 0. The molecule has 4 rings (SSSR count). The lowest BCUT2D eigenvalue weighted by molar-refractivity contribution is -0.132. The van der Waals surface area contributed by atoms with E-state index in [9.17, 15) is 9.59 Å². The van der Waals surface area contributed by atoms with Crippen LogP contribution in [0.25, 0.3) is 0 Å². The summed E-state index contributed by atoms with van der Waals surface area (Å²) in [6.45, 7) is 25.1. The smallest absolute Gasteiger partial charge is 0.253 e. The summed E-state index contributed by atoms with van der Waals surface area (Å²) >= 11 is 0. The van der Waals surface area contributed by atoms with Crippen LogP contribution in [0, 0.1) is 10.8 Å². The Morgan fingerprint density at radius 2 is 1.59 bits per heavy atom. The molecule has 2 saturated heterocycles. The number of amides is 2. The molecule has 2 aliphatic rings. The highest BCUT2D eigenvalue weighted by atomic mass is 28.4. The Morgan fingerprint density at radius 1 is 0.957 bits per heavy atom. The van der Waals surface area contributed by atoms with E-state index in [0.717, 1.165) is 63.6 Å². The maximum atomic E-state index is 13.9. The topological polar surface area (TPSA) is 49.9 Å². The largest absolute Gasteiger partial charge is 0.417 e. The highest BCUT2D eigenvalue weighted by Crippen LogP contribution is 2.45. The van der Waals surface area contributed by atoms with Gasteiger partial charge in [0.15, 0.2) is 8.32 Å². The molecule has 6 heteroatoms. The fraction of sp³-hybridized carbons (Fsp3) is 0.550. The molecule has 0 aliphatic carbocycles. The fourth-order valence-corrected chi connectivity index (χ4v) is 8.56. The van der Waals surface area contributed by atoms with Gasteiger partial charge in [-0.05, 0) is 97.2 Å². The minimum Gasteiger partial charge on any atom is -0.417 e. The van der Waals surface area contributed by atoms with Crippen LogP contribution in [0.3, 0.4) is 0 Å². The number of benzene rings is 2. The Bertz CT molecular complexity index is 1350. The van der Waals surface area contributed by atoms with Crippen LogP contribution in [0.5, 0.6) is 0 Å². The molecule has 0 N–H and O–H groups in total. The molecule has 2 aromatic carbocycles. The van der Waals surface area contributed by atoms with Gasteiger partial charge in [-0.1, -0.05) is 75.4 Å². The summed E-state index contributed by atoms with van der Waals surface area (Å²) in [5.41, 5.74) is 3.23. The molecule has 0 bridgehead atoms. The maximum Gasteiger partial charge on any atom is 0.253 e. The van der Waals surface area contributed by atoms with E-state index < -0.39 is 8.32 Å². The molecular weight excluding hydrogens is 585 g/mol. The van der Waals surface area contributed by atoms with Crippen molar-refractivity contribution in [2.75, 3.05) is 32.8 Å². The number of carbonyl (C=O) groups excluding carboxylic acids is 2. The van der Waals surface area contributed by atoms with Crippen molar-refractivity contribution in [3.8, 4) is 0 Å². The second-order valence-electron chi connectivity index (χ2n) is 15.8. The van der Waals surface area contributed by atoms with Crippen LogP contribution in [-0.2, 0) is 15.6 Å². The van der Waals surface area contributed by atoms with Crippen LogP contribution in [0.1, 0.15) is 93.6 Å². The highest BCUT2D eigenvalue weighted by molar-refractivity contribution is 6.74. The third-order valence-corrected chi connectivity index (χ3v) is 15.7. The van der Waals surface area contributed by atoms with Gasteiger partial charge in [-0.15, -0.1) is 13.2 Å². The lowest BCUT2D eigenvalue weighted by atomic mass is 9.69. The summed E-state index contributed by atoms with van der Waals surface area (Å²) in [6, 6.07) is 18.8. The number of carbonyl (C=O) groups is 2. The van der Waals surface area contributed by atoms with E-state index in [1.54, 1.807) is 6.92 Å². The summed E-state index contributed by atoms with van der Waals surface area (Å²) < 4.78 is 6.70. The molecule has 2 aromatic rings. The lowest BCUT2D eigenvalue weighted by Crippen LogP contribution is -2.50. The number of likely N-dealkylation sites (tertiary alicyclic amines) is 2. The quantitative estimate of drug-likeness (QED) is 0.171. The van der Waals surface area contributed by atoms with Crippen LogP contribution in [0.2, 0.25) is 18.1 Å². The molecule has 2 fully saturated rings. The molecular formula is C40H58N2O3Si. The van der Waals surface area contributed by atoms with Crippen molar-refractivity contribution in [3.05, 3.63) is 96.6 Å². The predicted molar refractivity (Wildman–Crippen MR) is 194 cm³/mol. The maximum absolute atomic E-state index is 13.9. The third-order valence-electron chi connectivity index (χ3n) is 11.1. The number of nitrogens with zero attached hydrogens (tertiary/aromatic N) is 2. The van der Waals surface area contributed by atoms with Gasteiger partial charge in [-0.25, -0.2) is 0 Å². The highest BCUT2D eigenvalue weighted by Gasteiger charge is 2.43. The third kappa shape index (κ3) is 8.68. The molecule has 0 saturated carbocycles. The van der Waals surface area contributed by atoms with Crippen molar-refractivity contribution < 1.29 is 14.0 Å². The molecule has 0 radical (unpaired) electrons. The number of rotatable bonds is 12. The minimum atomic E-state index is -1.90. The van der Waals surface area contributed by atoms with Crippen molar-refractivity contribution in [2.45, 2.75) is 96.7 Å². The monoisotopic (exact) mass is 642 g/mol. The SMILES string of the molecule is C=CCC1(Cc2ccc(C3CN(C(=O)c4ccccc4)CC(CC=C)(CCO[Si](C)(C)C(C)(C)C)C3)cc2)CCCN(C(C)=O)C1. The standard InChI is InChI=1S/C40H58N2O3Si/c1-9-21-39(23-14-25-41(30-39)32(3)43)27-33-17-19-34(20-18-33)36-28-40(22-10-2,24-26-45-46(7,8)38(4,5)6)31-42(29-36)37(44)35-15-12-11-13-16-35/h9-13,15-20,36H,1-2,14,21-31H2,3-8H3. The summed E-state index contributed by atoms with van der Waals surface area (Å²) in [4.78, 5) is 30.3. The molecule has 5 nitrogen and oxygen atoms in total. The lowest BCUT2D eigenvalue weighted by Gasteiger charge is -2.47. The average Bonchev–Trinajstić information content (AvgIpc) is 3.01. The Kier molecular flexibility index (Phi) is 11.6. The Hall–Kier alpha value is -2.96. The van der Waals surface area contributed by atoms with Gasteiger partial charge in [0.2, 0.25) is 5.91 Å².